The van der Waals surface area contributed by atoms with E-state index in [1.807, 2.05) is 13.0 Å². The van der Waals surface area contributed by atoms with Crippen LogP contribution in [-0.2, 0) is 9.59 Å². The van der Waals surface area contributed by atoms with Gasteiger partial charge in [0.25, 0.3) is 0 Å². The minimum Gasteiger partial charge on any atom is -0.395 e. The van der Waals surface area contributed by atoms with Gasteiger partial charge in [-0.3, -0.25) is 14.5 Å². The maximum atomic E-state index is 12.1. The van der Waals surface area contributed by atoms with E-state index in [1.165, 1.54) is 4.90 Å². The van der Waals surface area contributed by atoms with Gasteiger partial charge in [0, 0.05) is 38.4 Å². The summed E-state index contributed by atoms with van der Waals surface area (Å²) in [5.41, 5.74) is 0.776. The highest BCUT2D eigenvalue weighted by Gasteiger charge is 2.25. The average molecular weight is 292 g/mol. The van der Waals surface area contributed by atoms with Crippen molar-refractivity contribution < 1.29 is 14.7 Å². The number of carbonyl (C=O) groups excluding carboxylic acids is 2. The fourth-order valence-electron chi connectivity index (χ4n) is 2.24. The number of nitrogens with zero attached hydrogens (tertiary/aromatic N) is 3. The number of aliphatic hydroxyl groups is 1. The van der Waals surface area contributed by atoms with Gasteiger partial charge in [-0.15, -0.1) is 0 Å². The summed E-state index contributed by atoms with van der Waals surface area (Å²) in [6, 6.07) is 5.24. The van der Waals surface area contributed by atoms with E-state index in [9.17, 15) is 9.59 Å². The van der Waals surface area contributed by atoms with Gasteiger partial charge in [-0.05, 0) is 19.1 Å². The van der Waals surface area contributed by atoms with E-state index >= 15 is 0 Å². The van der Waals surface area contributed by atoms with Crippen LogP contribution in [0.3, 0.4) is 0 Å². The van der Waals surface area contributed by atoms with E-state index in [0.717, 1.165) is 5.69 Å². The third-order valence-corrected chi connectivity index (χ3v) is 3.40. The minimum absolute atomic E-state index is 0.105. The lowest BCUT2D eigenvalue weighted by Crippen LogP contribution is -2.52. The second-order valence-corrected chi connectivity index (χ2v) is 4.98. The summed E-state index contributed by atoms with van der Waals surface area (Å²) in [6.45, 7) is 4.85. The Morgan fingerprint density at radius 3 is 2.62 bits per heavy atom. The first-order chi connectivity index (χ1) is 10.1. The molecule has 7 nitrogen and oxygen atoms in total. The molecule has 0 radical (unpaired) electrons. The molecule has 0 aromatic carbocycles. The van der Waals surface area contributed by atoms with Gasteiger partial charge in [0.2, 0.25) is 0 Å². The monoisotopic (exact) mass is 292 g/mol. The Labute approximate surface area is 123 Å². The fraction of sp³-hybridized carbons (Fsp3) is 0.500. The van der Waals surface area contributed by atoms with Gasteiger partial charge in [-0.25, -0.2) is 4.98 Å². The normalized spacial score (nSPS) is 15.8. The molecule has 1 aromatic heterocycles. The van der Waals surface area contributed by atoms with Gasteiger partial charge < -0.3 is 15.3 Å². The number of pyridine rings is 1. The summed E-state index contributed by atoms with van der Waals surface area (Å²) in [6.07, 6.45) is 0. The van der Waals surface area contributed by atoms with Crippen LogP contribution in [0.1, 0.15) is 5.69 Å². The van der Waals surface area contributed by atoms with Crippen LogP contribution in [0.15, 0.2) is 18.2 Å². The van der Waals surface area contributed by atoms with Crippen LogP contribution in [0.4, 0.5) is 5.82 Å². The molecule has 7 heteroatoms. The number of hydrogen-bond acceptors (Lipinski definition) is 5. The van der Waals surface area contributed by atoms with E-state index in [4.69, 9.17) is 5.11 Å². The van der Waals surface area contributed by atoms with Gasteiger partial charge >= 0.3 is 11.8 Å². The zero-order valence-corrected chi connectivity index (χ0v) is 12.1. The van der Waals surface area contributed by atoms with Crippen molar-refractivity contribution in [2.75, 3.05) is 44.6 Å². The van der Waals surface area contributed by atoms with Gasteiger partial charge in [0.1, 0.15) is 5.82 Å². The quantitative estimate of drug-likeness (QED) is 0.731. The molecule has 0 spiro atoms. The number of β-amino-alcohol motifs (C(OH)–C–C–N with tert-alkyl or cyclic N) is 1. The number of anilines is 1. The van der Waals surface area contributed by atoms with Crippen LogP contribution >= 0.6 is 0 Å². The molecule has 0 atom stereocenters. The van der Waals surface area contributed by atoms with E-state index < -0.39 is 11.8 Å². The Morgan fingerprint density at radius 1 is 1.29 bits per heavy atom. The second kappa shape index (κ2) is 7.14. The lowest BCUT2D eigenvalue weighted by molar-refractivity contribution is -0.144. The molecule has 1 fully saturated rings. The molecule has 1 aromatic rings. The third-order valence-electron chi connectivity index (χ3n) is 3.40. The number of rotatable bonds is 3. The second-order valence-electron chi connectivity index (χ2n) is 4.98. The van der Waals surface area contributed by atoms with Crippen LogP contribution in [0.25, 0.3) is 0 Å². The number of aryl methyl sites for hydroxylation is 1. The molecule has 0 unspecified atom stereocenters. The third kappa shape index (κ3) is 4.24. The molecule has 0 saturated carbocycles. The average Bonchev–Trinajstić information content (AvgIpc) is 2.47. The predicted molar refractivity (Wildman–Crippen MR) is 77.7 cm³/mol. The molecule has 2 heterocycles. The summed E-state index contributed by atoms with van der Waals surface area (Å²) >= 11 is 0. The Bertz CT molecular complexity index is 513. The van der Waals surface area contributed by atoms with E-state index in [2.05, 4.69) is 15.2 Å². The number of carbonyl (C=O) groups is 2. The maximum absolute atomic E-state index is 12.1. The number of hydrogen-bond donors (Lipinski definition) is 2. The van der Waals surface area contributed by atoms with Crippen molar-refractivity contribution in [3.05, 3.63) is 23.9 Å². The minimum atomic E-state index is -0.663. The van der Waals surface area contributed by atoms with E-state index in [1.54, 1.807) is 12.1 Å². The summed E-state index contributed by atoms with van der Waals surface area (Å²) in [7, 11) is 0. The van der Waals surface area contributed by atoms with Crippen molar-refractivity contribution in [1.29, 1.82) is 0 Å². The summed E-state index contributed by atoms with van der Waals surface area (Å²) in [5, 5.41) is 11.4. The molecule has 0 aliphatic carbocycles. The molecule has 1 aliphatic rings. The molecule has 1 aliphatic heterocycles. The first-order valence-electron chi connectivity index (χ1n) is 6.97. The van der Waals surface area contributed by atoms with E-state index in [0.29, 0.717) is 38.5 Å². The molecule has 2 N–H and O–H groups in total. The fourth-order valence-corrected chi connectivity index (χ4v) is 2.24. The molecular weight excluding hydrogens is 272 g/mol. The standard InChI is InChI=1S/C14H20N4O3/c1-11-3-2-4-12(15-11)16-13(20)14(21)18-7-5-17(6-8-18)9-10-19/h2-4,19H,5-10H2,1H3,(H,15,16,20). The number of amides is 2. The number of nitrogens with one attached hydrogen (secondary N) is 1. The Morgan fingerprint density at radius 2 is 2.00 bits per heavy atom. The first-order valence-corrected chi connectivity index (χ1v) is 6.97. The van der Waals surface area contributed by atoms with Gasteiger partial charge in [-0.2, -0.15) is 0 Å². The maximum Gasteiger partial charge on any atom is 0.315 e. The summed E-state index contributed by atoms with van der Waals surface area (Å²) in [4.78, 5) is 31.7. The highest BCUT2D eigenvalue weighted by molar-refractivity contribution is 6.39. The lowest BCUT2D eigenvalue weighted by Gasteiger charge is -2.33. The van der Waals surface area contributed by atoms with Crippen molar-refractivity contribution in [1.82, 2.24) is 14.8 Å². The number of piperazine rings is 1. The smallest absolute Gasteiger partial charge is 0.315 e. The highest BCUT2D eigenvalue weighted by Crippen LogP contribution is 2.06. The van der Waals surface area contributed by atoms with Gasteiger partial charge in [0.15, 0.2) is 0 Å². The topological polar surface area (TPSA) is 85.8 Å². The van der Waals surface area contributed by atoms with Crippen molar-refractivity contribution in [3.8, 4) is 0 Å². The van der Waals surface area contributed by atoms with Crippen molar-refractivity contribution in [3.63, 3.8) is 0 Å². The van der Waals surface area contributed by atoms with Crippen LogP contribution in [0, 0.1) is 6.92 Å². The van der Waals surface area contributed by atoms with Crippen molar-refractivity contribution >= 4 is 17.6 Å². The van der Waals surface area contributed by atoms with Crippen LogP contribution in [-0.4, -0.2) is 71.0 Å². The molecule has 2 rings (SSSR count). The van der Waals surface area contributed by atoms with Crippen molar-refractivity contribution in [2.45, 2.75) is 6.92 Å². The predicted octanol–water partition coefficient (Wildman–Crippen LogP) is -0.535. The largest absolute Gasteiger partial charge is 0.395 e. The van der Waals surface area contributed by atoms with Crippen LogP contribution in [0.5, 0.6) is 0 Å². The van der Waals surface area contributed by atoms with Gasteiger partial charge in [-0.1, -0.05) is 6.07 Å². The zero-order chi connectivity index (χ0) is 15.2. The molecule has 21 heavy (non-hydrogen) atoms. The molecule has 1 saturated heterocycles. The Balaban J connectivity index is 1.87. The molecule has 114 valence electrons. The Hall–Kier alpha value is -1.99. The Kier molecular flexibility index (Phi) is 5.24. The number of aliphatic hydroxyl groups excluding tert-OH is 1. The molecule has 0 bridgehead atoms. The first kappa shape index (κ1) is 15.4. The summed E-state index contributed by atoms with van der Waals surface area (Å²) in [5.74, 6) is -0.821. The summed E-state index contributed by atoms with van der Waals surface area (Å²) < 4.78 is 0. The molecular formula is C14H20N4O3. The van der Waals surface area contributed by atoms with Crippen molar-refractivity contribution in [2.24, 2.45) is 0 Å². The van der Waals surface area contributed by atoms with Gasteiger partial charge in [0.05, 0.1) is 6.61 Å². The van der Waals surface area contributed by atoms with Crippen LogP contribution < -0.4 is 5.32 Å². The highest BCUT2D eigenvalue weighted by atomic mass is 16.3. The lowest BCUT2D eigenvalue weighted by atomic mass is 10.3. The number of aromatic nitrogens is 1. The zero-order valence-electron chi connectivity index (χ0n) is 12.1. The molecule has 2 amide bonds. The van der Waals surface area contributed by atoms with E-state index in [-0.39, 0.29) is 6.61 Å². The van der Waals surface area contributed by atoms with Crippen LogP contribution in [0.2, 0.25) is 0 Å². The SMILES string of the molecule is Cc1cccc(NC(=O)C(=O)N2CCN(CCO)CC2)n1.